The summed E-state index contributed by atoms with van der Waals surface area (Å²) in [5, 5.41) is 0. The Morgan fingerprint density at radius 3 is 2.35 bits per heavy atom. The molecular weight excluding hydrogens is 388 g/mol. The number of hydrogen-bond acceptors (Lipinski definition) is 2. The first kappa shape index (κ1) is 17.0. The van der Waals surface area contributed by atoms with Gasteiger partial charge in [-0.1, -0.05) is 72.2 Å². The van der Waals surface area contributed by atoms with Gasteiger partial charge < -0.3 is 4.74 Å². The predicted molar refractivity (Wildman–Crippen MR) is 108 cm³/mol. The van der Waals surface area contributed by atoms with Gasteiger partial charge in [0.2, 0.25) is 0 Å². The fourth-order valence-corrected chi connectivity index (χ4v) is 4.28. The predicted octanol–water partition coefficient (Wildman–Crippen LogP) is 6.21. The van der Waals surface area contributed by atoms with Crippen LogP contribution < -0.4 is 0 Å². The van der Waals surface area contributed by atoms with E-state index >= 15 is 0 Å². The van der Waals surface area contributed by atoms with Crippen LogP contribution in [-0.2, 0) is 10.2 Å². The van der Waals surface area contributed by atoms with E-state index in [0.717, 1.165) is 15.6 Å². The number of benzene rings is 3. The summed E-state index contributed by atoms with van der Waals surface area (Å²) in [5.41, 5.74) is 7.60. The van der Waals surface area contributed by atoms with Crippen LogP contribution in [0.1, 0.15) is 35.3 Å². The van der Waals surface area contributed by atoms with Gasteiger partial charge in [-0.05, 0) is 51.6 Å². The van der Waals surface area contributed by atoms with E-state index < -0.39 is 0 Å². The van der Waals surface area contributed by atoms with Crippen molar-refractivity contribution in [2.75, 3.05) is 7.11 Å². The molecule has 0 saturated heterocycles. The number of halogens is 1. The first-order valence-corrected chi connectivity index (χ1v) is 9.35. The van der Waals surface area contributed by atoms with Crippen LogP contribution in [0.15, 0.2) is 65.1 Å². The van der Waals surface area contributed by atoms with E-state index in [9.17, 15) is 4.79 Å². The van der Waals surface area contributed by atoms with Crippen LogP contribution in [0.5, 0.6) is 0 Å². The van der Waals surface area contributed by atoms with Gasteiger partial charge in [0, 0.05) is 9.89 Å². The summed E-state index contributed by atoms with van der Waals surface area (Å²) >= 11 is 3.45. The van der Waals surface area contributed by atoms with Crippen molar-refractivity contribution in [1.29, 1.82) is 0 Å². The highest BCUT2D eigenvalue weighted by molar-refractivity contribution is 9.10. The lowest BCUT2D eigenvalue weighted by Crippen LogP contribution is -2.15. The van der Waals surface area contributed by atoms with Gasteiger partial charge in [0.25, 0.3) is 0 Å². The molecule has 0 radical (unpaired) electrons. The zero-order chi connectivity index (χ0) is 18.5. The zero-order valence-corrected chi connectivity index (χ0v) is 16.6. The summed E-state index contributed by atoms with van der Waals surface area (Å²) in [7, 11) is 1.41. The molecule has 130 valence electrons. The molecule has 2 nitrogen and oxygen atoms in total. The summed E-state index contributed by atoms with van der Waals surface area (Å²) in [6.07, 6.45) is 0. The Bertz CT molecular complexity index is 1030. The highest BCUT2D eigenvalue weighted by Crippen LogP contribution is 2.49. The molecule has 0 bridgehead atoms. The number of hydrogen-bond donors (Lipinski definition) is 0. The number of fused-ring (bicyclic) bond motifs is 3. The topological polar surface area (TPSA) is 26.3 Å². The van der Waals surface area contributed by atoms with Crippen LogP contribution in [0.4, 0.5) is 0 Å². The van der Waals surface area contributed by atoms with Crippen molar-refractivity contribution >= 4 is 21.9 Å². The second kappa shape index (κ2) is 6.10. The van der Waals surface area contributed by atoms with Gasteiger partial charge in [0.05, 0.1) is 12.7 Å². The monoisotopic (exact) mass is 406 g/mol. The second-order valence-corrected chi connectivity index (χ2v) is 8.03. The van der Waals surface area contributed by atoms with Gasteiger partial charge in [0.1, 0.15) is 0 Å². The van der Waals surface area contributed by atoms with Gasteiger partial charge in [-0.2, -0.15) is 0 Å². The van der Waals surface area contributed by atoms with Crippen LogP contribution in [0.3, 0.4) is 0 Å². The molecule has 26 heavy (non-hydrogen) atoms. The minimum atomic E-state index is -0.329. The Hall–Kier alpha value is -2.39. The fourth-order valence-electron chi connectivity index (χ4n) is 3.92. The largest absolute Gasteiger partial charge is 0.465 e. The van der Waals surface area contributed by atoms with Gasteiger partial charge >= 0.3 is 5.97 Å². The molecule has 0 unspecified atom stereocenters. The summed E-state index contributed by atoms with van der Waals surface area (Å²) in [5.74, 6) is -0.329. The molecule has 3 aromatic carbocycles. The number of rotatable bonds is 2. The Balaban J connectivity index is 1.91. The van der Waals surface area contributed by atoms with E-state index in [4.69, 9.17) is 4.74 Å². The molecule has 0 N–H and O–H groups in total. The lowest BCUT2D eigenvalue weighted by Gasteiger charge is -2.22. The molecule has 0 atom stereocenters. The van der Waals surface area contributed by atoms with Crippen molar-refractivity contribution in [3.8, 4) is 22.3 Å². The molecule has 0 amide bonds. The molecule has 3 heteroatoms. The van der Waals surface area contributed by atoms with Crippen molar-refractivity contribution in [2.45, 2.75) is 19.3 Å². The third kappa shape index (κ3) is 2.50. The van der Waals surface area contributed by atoms with Crippen LogP contribution in [-0.4, -0.2) is 13.1 Å². The highest BCUT2D eigenvalue weighted by Gasteiger charge is 2.35. The minimum Gasteiger partial charge on any atom is -0.465 e. The zero-order valence-electron chi connectivity index (χ0n) is 15.0. The third-order valence-electron chi connectivity index (χ3n) is 5.28. The first-order chi connectivity index (χ1) is 12.4. The first-order valence-electron chi connectivity index (χ1n) is 8.56. The summed E-state index contributed by atoms with van der Waals surface area (Å²) in [4.78, 5) is 12.3. The Morgan fingerprint density at radius 1 is 0.885 bits per heavy atom. The molecule has 1 aliphatic carbocycles. The number of carbonyl (C=O) groups excluding carboxylic acids is 1. The number of esters is 1. The van der Waals surface area contributed by atoms with Crippen molar-refractivity contribution in [3.63, 3.8) is 0 Å². The normalized spacial score (nSPS) is 13.8. The molecule has 0 fully saturated rings. The van der Waals surface area contributed by atoms with Gasteiger partial charge in [-0.15, -0.1) is 0 Å². The number of ether oxygens (including phenoxy) is 1. The van der Waals surface area contributed by atoms with Crippen LogP contribution in [0.2, 0.25) is 0 Å². The smallest absolute Gasteiger partial charge is 0.338 e. The Morgan fingerprint density at radius 2 is 1.58 bits per heavy atom. The number of carbonyl (C=O) groups is 1. The molecule has 0 saturated carbocycles. The average Bonchev–Trinajstić information content (AvgIpc) is 2.88. The van der Waals surface area contributed by atoms with Crippen molar-refractivity contribution < 1.29 is 9.53 Å². The lowest BCUT2D eigenvalue weighted by molar-refractivity contribution is 0.0601. The Kier molecular flexibility index (Phi) is 4.00. The minimum absolute atomic E-state index is 0.0667. The molecule has 4 rings (SSSR count). The third-order valence-corrected chi connectivity index (χ3v) is 5.77. The summed E-state index contributed by atoms with van der Waals surface area (Å²) in [6, 6.07) is 20.8. The molecule has 0 aliphatic heterocycles. The lowest BCUT2D eigenvalue weighted by atomic mass is 9.81. The van der Waals surface area contributed by atoms with E-state index in [-0.39, 0.29) is 11.4 Å². The van der Waals surface area contributed by atoms with Crippen LogP contribution >= 0.6 is 15.9 Å². The standard InChI is InChI=1S/C23H19BrO2/c1-23(2)20-7-5-4-6-17(20)18-10-8-14(12-21(18)23)16-11-9-15(24)13-19(16)22(25)26-3/h4-13H,1-3H3. The van der Waals surface area contributed by atoms with Gasteiger partial charge in [-0.3, -0.25) is 0 Å². The molecule has 0 aromatic heterocycles. The maximum absolute atomic E-state index is 12.3. The SMILES string of the molecule is COC(=O)c1cc(Br)ccc1-c1ccc2c(c1)C(C)(C)c1ccccc1-2. The van der Waals surface area contributed by atoms with E-state index in [1.807, 2.05) is 18.2 Å². The fraction of sp³-hybridized carbons (Fsp3) is 0.174. The van der Waals surface area contributed by atoms with Gasteiger partial charge in [-0.25, -0.2) is 4.79 Å². The summed E-state index contributed by atoms with van der Waals surface area (Å²) in [6.45, 7) is 4.51. The van der Waals surface area contributed by atoms with E-state index in [2.05, 4.69) is 72.2 Å². The molecular formula is C23H19BrO2. The van der Waals surface area contributed by atoms with E-state index in [0.29, 0.717) is 5.56 Å². The van der Waals surface area contributed by atoms with Gasteiger partial charge in [0.15, 0.2) is 0 Å². The maximum Gasteiger partial charge on any atom is 0.338 e. The molecule has 0 spiro atoms. The summed E-state index contributed by atoms with van der Waals surface area (Å²) < 4.78 is 5.83. The van der Waals surface area contributed by atoms with E-state index in [1.165, 1.54) is 29.4 Å². The van der Waals surface area contributed by atoms with E-state index in [1.54, 1.807) is 0 Å². The maximum atomic E-state index is 12.3. The molecule has 3 aromatic rings. The highest BCUT2D eigenvalue weighted by atomic mass is 79.9. The van der Waals surface area contributed by atoms with Crippen molar-refractivity contribution in [3.05, 3.63) is 81.8 Å². The quantitative estimate of drug-likeness (QED) is 0.472. The number of methoxy groups -OCH3 is 1. The Labute approximate surface area is 162 Å². The molecule has 1 aliphatic rings. The van der Waals surface area contributed by atoms with Crippen LogP contribution in [0.25, 0.3) is 22.3 Å². The van der Waals surface area contributed by atoms with Crippen molar-refractivity contribution in [1.82, 2.24) is 0 Å². The van der Waals surface area contributed by atoms with Crippen LogP contribution in [0, 0.1) is 0 Å². The molecule has 0 heterocycles. The average molecular weight is 407 g/mol. The van der Waals surface area contributed by atoms with Crippen molar-refractivity contribution in [2.24, 2.45) is 0 Å². The second-order valence-electron chi connectivity index (χ2n) is 7.11.